The molecule has 0 spiro atoms. The van der Waals surface area contributed by atoms with Crippen molar-refractivity contribution in [3.05, 3.63) is 65.2 Å². The van der Waals surface area contributed by atoms with Crippen LogP contribution in [0.25, 0.3) is 10.2 Å². The lowest BCUT2D eigenvalue weighted by molar-refractivity contribution is -0.125. The fourth-order valence-electron chi connectivity index (χ4n) is 2.54. The largest absolute Gasteiger partial charge is 0.354 e. The van der Waals surface area contributed by atoms with Gasteiger partial charge in [0.05, 0.1) is 28.2 Å². The van der Waals surface area contributed by atoms with E-state index in [1.54, 1.807) is 11.3 Å². The van der Waals surface area contributed by atoms with E-state index in [2.05, 4.69) is 15.6 Å². The molecule has 5 nitrogen and oxygen atoms in total. The standard InChI is InChI=1S/C20H21N3O2S/c1-14(20-23-16-9-5-6-10-17(16)26-20)12-21-19(25)13-22-18(24)11-15-7-3-2-4-8-15/h2-10,14H,11-13H2,1H3,(H,21,25)(H,22,24). The molecule has 3 rings (SSSR count). The molecule has 0 bridgehead atoms. The minimum atomic E-state index is -0.195. The number of para-hydroxylation sites is 1. The fraction of sp³-hybridized carbons (Fsp3) is 0.250. The number of thiazole rings is 1. The highest BCUT2D eigenvalue weighted by Crippen LogP contribution is 2.26. The van der Waals surface area contributed by atoms with Crippen LogP contribution in [0.2, 0.25) is 0 Å². The van der Waals surface area contributed by atoms with Crippen LogP contribution in [0.15, 0.2) is 54.6 Å². The Hall–Kier alpha value is -2.73. The van der Waals surface area contributed by atoms with Crippen LogP contribution in [-0.4, -0.2) is 29.9 Å². The Bertz CT molecular complexity index is 859. The average Bonchev–Trinajstić information content (AvgIpc) is 3.09. The molecule has 0 saturated carbocycles. The first kappa shape index (κ1) is 18.1. The second kappa shape index (κ2) is 8.58. The number of nitrogens with one attached hydrogen (secondary N) is 2. The maximum absolute atomic E-state index is 12.0. The van der Waals surface area contributed by atoms with E-state index in [0.29, 0.717) is 6.54 Å². The molecular formula is C20H21N3O2S. The lowest BCUT2D eigenvalue weighted by Gasteiger charge is -2.10. The highest BCUT2D eigenvalue weighted by Gasteiger charge is 2.13. The van der Waals surface area contributed by atoms with Gasteiger partial charge in [0.15, 0.2) is 0 Å². The van der Waals surface area contributed by atoms with E-state index in [1.807, 2.05) is 61.5 Å². The van der Waals surface area contributed by atoms with Gasteiger partial charge in [-0.1, -0.05) is 49.4 Å². The van der Waals surface area contributed by atoms with Crippen LogP contribution in [0, 0.1) is 0 Å². The third kappa shape index (κ3) is 4.89. The Balaban J connectivity index is 1.42. The third-order valence-electron chi connectivity index (χ3n) is 3.99. The molecule has 1 aromatic heterocycles. The van der Waals surface area contributed by atoms with E-state index in [-0.39, 0.29) is 30.7 Å². The Labute approximate surface area is 156 Å². The van der Waals surface area contributed by atoms with Crippen molar-refractivity contribution in [1.82, 2.24) is 15.6 Å². The van der Waals surface area contributed by atoms with Gasteiger partial charge in [0, 0.05) is 12.5 Å². The van der Waals surface area contributed by atoms with E-state index in [0.717, 1.165) is 20.8 Å². The Kier molecular flexibility index (Phi) is 5.96. The van der Waals surface area contributed by atoms with Crippen molar-refractivity contribution in [2.45, 2.75) is 19.3 Å². The summed E-state index contributed by atoms with van der Waals surface area (Å²) in [6.45, 7) is 2.51. The highest BCUT2D eigenvalue weighted by molar-refractivity contribution is 7.18. The van der Waals surface area contributed by atoms with Gasteiger partial charge in [0.1, 0.15) is 0 Å². The van der Waals surface area contributed by atoms with Crippen molar-refractivity contribution in [1.29, 1.82) is 0 Å². The van der Waals surface area contributed by atoms with Crippen LogP contribution in [0.3, 0.4) is 0 Å². The van der Waals surface area contributed by atoms with Crippen LogP contribution in [0.5, 0.6) is 0 Å². The van der Waals surface area contributed by atoms with Crippen LogP contribution in [-0.2, 0) is 16.0 Å². The maximum atomic E-state index is 12.0. The van der Waals surface area contributed by atoms with Gasteiger partial charge < -0.3 is 10.6 Å². The molecule has 0 radical (unpaired) electrons. The number of hydrogen-bond acceptors (Lipinski definition) is 4. The molecule has 0 saturated heterocycles. The zero-order valence-corrected chi connectivity index (χ0v) is 15.4. The van der Waals surface area contributed by atoms with Crippen molar-refractivity contribution < 1.29 is 9.59 Å². The summed E-state index contributed by atoms with van der Waals surface area (Å²) in [6, 6.07) is 17.5. The van der Waals surface area contributed by atoms with Gasteiger partial charge >= 0.3 is 0 Å². The Morgan fingerprint density at radius 1 is 1.00 bits per heavy atom. The summed E-state index contributed by atoms with van der Waals surface area (Å²) in [5.74, 6) is -0.235. The number of benzene rings is 2. The molecule has 2 N–H and O–H groups in total. The predicted octanol–water partition coefficient (Wildman–Crippen LogP) is 2.87. The van der Waals surface area contributed by atoms with E-state index in [1.165, 1.54) is 0 Å². The fourth-order valence-corrected chi connectivity index (χ4v) is 3.56. The van der Waals surface area contributed by atoms with Crippen molar-refractivity contribution in [3.63, 3.8) is 0 Å². The van der Waals surface area contributed by atoms with Gasteiger partial charge in [0.25, 0.3) is 0 Å². The second-order valence-corrected chi connectivity index (χ2v) is 7.23. The number of aromatic nitrogens is 1. The zero-order valence-electron chi connectivity index (χ0n) is 14.6. The summed E-state index contributed by atoms with van der Waals surface area (Å²) in [7, 11) is 0. The second-order valence-electron chi connectivity index (χ2n) is 6.16. The molecule has 1 unspecified atom stereocenters. The van der Waals surface area contributed by atoms with Crippen LogP contribution >= 0.6 is 11.3 Å². The Morgan fingerprint density at radius 2 is 1.73 bits per heavy atom. The SMILES string of the molecule is CC(CNC(=O)CNC(=O)Cc1ccccc1)c1nc2ccccc2s1. The van der Waals surface area contributed by atoms with E-state index >= 15 is 0 Å². The molecular weight excluding hydrogens is 346 g/mol. The predicted molar refractivity (Wildman–Crippen MR) is 104 cm³/mol. The van der Waals surface area contributed by atoms with Crippen molar-refractivity contribution in [3.8, 4) is 0 Å². The maximum Gasteiger partial charge on any atom is 0.239 e. The molecule has 0 aliphatic heterocycles. The molecule has 2 amide bonds. The summed E-state index contributed by atoms with van der Waals surface area (Å²) in [5, 5.41) is 6.51. The molecule has 1 heterocycles. The smallest absolute Gasteiger partial charge is 0.239 e. The van der Waals surface area contributed by atoms with Gasteiger partial charge in [-0.05, 0) is 17.7 Å². The first-order valence-electron chi connectivity index (χ1n) is 8.54. The number of carbonyl (C=O) groups excluding carboxylic acids is 2. The third-order valence-corrected chi connectivity index (χ3v) is 5.26. The molecule has 1 atom stereocenters. The number of fused-ring (bicyclic) bond motifs is 1. The minimum absolute atomic E-state index is 0.0156. The van der Waals surface area contributed by atoms with Gasteiger partial charge in [-0.25, -0.2) is 4.98 Å². The Morgan fingerprint density at radius 3 is 2.50 bits per heavy atom. The molecule has 0 fully saturated rings. The lowest BCUT2D eigenvalue weighted by atomic mass is 10.1. The van der Waals surface area contributed by atoms with E-state index in [4.69, 9.17) is 0 Å². The van der Waals surface area contributed by atoms with Crippen LogP contribution in [0.4, 0.5) is 0 Å². The van der Waals surface area contributed by atoms with Crippen LogP contribution < -0.4 is 10.6 Å². The zero-order chi connectivity index (χ0) is 18.4. The average molecular weight is 367 g/mol. The number of nitrogens with zero attached hydrogens (tertiary/aromatic N) is 1. The highest BCUT2D eigenvalue weighted by atomic mass is 32.1. The summed E-state index contributed by atoms with van der Waals surface area (Å²) >= 11 is 1.64. The number of carbonyl (C=O) groups is 2. The molecule has 26 heavy (non-hydrogen) atoms. The quantitative estimate of drug-likeness (QED) is 0.674. The van der Waals surface area contributed by atoms with Crippen molar-refractivity contribution >= 4 is 33.4 Å². The minimum Gasteiger partial charge on any atom is -0.354 e. The van der Waals surface area contributed by atoms with Crippen molar-refractivity contribution in [2.75, 3.05) is 13.1 Å². The number of hydrogen-bond donors (Lipinski definition) is 2. The van der Waals surface area contributed by atoms with Gasteiger partial charge in [-0.2, -0.15) is 0 Å². The van der Waals surface area contributed by atoms with E-state index in [9.17, 15) is 9.59 Å². The molecule has 134 valence electrons. The first-order valence-corrected chi connectivity index (χ1v) is 9.36. The topological polar surface area (TPSA) is 71.1 Å². The van der Waals surface area contributed by atoms with Gasteiger partial charge in [-0.3, -0.25) is 9.59 Å². The molecule has 2 aromatic carbocycles. The van der Waals surface area contributed by atoms with Gasteiger partial charge in [-0.15, -0.1) is 11.3 Å². The molecule has 3 aromatic rings. The summed E-state index contributed by atoms with van der Waals surface area (Å²) in [5.41, 5.74) is 1.91. The van der Waals surface area contributed by atoms with Gasteiger partial charge in [0.2, 0.25) is 11.8 Å². The summed E-state index contributed by atoms with van der Waals surface area (Å²) in [4.78, 5) is 28.5. The normalized spacial score (nSPS) is 11.9. The molecule has 6 heteroatoms. The number of rotatable bonds is 7. The van der Waals surface area contributed by atoms with E-state index < -0.39 is 0 Å². The monoisotopic (exact) mass is 367 g/mol. The lowest BCUT2D eigenvalue weighted by Crippen LogP contribution is -2.38. The summed E-state index contributed by atoms with van der Waals surface area (Å²) in [6.07, 6.45) is 0.274. The molecule has 0 aliphatic rings. The van der Waals surface area contributed by atoms with Crippen LogP contribution in [0.1, 0.15) is 23.4 Å². The summed E-state index contributed by atoms with van der Waals surface area (Å²) < 4.78 is 1.15. The number of amides is 2. The molecule has 0 aliphatic carbocycles. The first-order chi connectivity index (χ1) is 12.6. The van der Waals surface area contributed by atoms with Crippen molar-refractivity contribution in [2.24, 2.45) is 0 Å².